The first-order valence-electron chi connectivity index (χ1n) is 9.31. The summed E-state index contributed by atoms with van der Waals surface area (Å²) in [5.41, 5.74) is 1.21. The zero-order valence-electron chi connectivity index (χ0n) is 15.8. The molecule has 2 heterocycles. The first-order chi connectivity index (χ1) is 13.9. The topological polar surface area (TPSA) is 70.6 Å². The van der Waals surface area contributed by atoms with Crippen molar-refractivity contribution >= 4 is 54.0 Å². The lowest BCUT2D eigenvalue weighted by Crippen LogP contribution is -2.48. The van der Waals surface area contributed by atoms with Crippen molar-refractivity contribution in [3.05, 3.63) is 53.1 Å². The van der Waals surface area contributed by atoms with Crippen LogP contribution in [0.15, 0.2) is 47.4 Å². The molecule has 0 bridgehead atoms. The van der Waals surface area contributed by atoms with Gasteiger partial charge in [0.25, 0.3) is 5.91 Å². The Kier molecular flexibility index (Phi) is 5.50. The number of para-hydroxylation sites is 1. The molecule has 4 rings (SSSR count). The Morgan fingerprint density at radius 2 is 1.86 bits per heavy atom. The molecule has 6 nitrogen and oxygen atoms in total. The normalized spacial score (nSPS) is 15.1. The second-order valence-electron chi connectivity index (χ2n) is 6.79. The van der Waals surface area contributed by atoms with E-state index >= 15 is 0 Å². The molecule has 3 aromatic rings. The lowest BCUT2D eigenvalue weighted by atomic mass is 10.2. The molecule has 0 aliphatic carbocycles. The first kappa shape index (κ1) is 20.1. The molecule has 1 aliphatic rings. The maximum absolute atomic E-state index is 12.9. The van der Waals surface area contributed by atoms with Crippen molar-refractivity contribution in [3.63, 3.8) is 0 Å². The van der Waals surface area contributed by atoms with E-state index in [1.807, 2.05) is 18.2 Å². The van der Waals surface area contributed by atoms with Crippen LogP contribution in [0.2, 0.25) is 5.02 Å². The van der Waals surface area contributed by atoms with Crippen LogP contribution in [0.5, 0.6) is 0 Å². The summed E-state index contributed by atoms with van der Waals surface area (Å²) < 4.78 is 25.2. The van der Waals surface area contributed by atoms with E-state index in [1.165, 1.54) is 12.1 Å². The van der Waals surface area contributed by atoms with Crippen molar-refractivity contribution in [2.45, 2.75) is 11.8 Å². The minimum atomic E-state index is -3.34. The van der Waals surface area contributed by atoms with E-state index in [-0.39, 0.29) is 16.6 Å². The number of amides is 1. The third-order valence-electron chi connectivity index (χ3n) is 5.02. The van der Waals surface area contributed by atoms with Crippen LogP contribution in [-0.2, 0) is 9.84 Å². The Balaban J connectivity index is 1.47. The largest absolute Gasteiger partial charge is 0.345 e. The second kappa shape index (κ2) is 7.93. The van der Waals surface area contributed by atoms with Gasteiger partial charge in [0.15, 0.2) is 15.0 Å². The molecule has 0 saturated carbocycles. The number of aromatic nitrogens is 1. The highest BCUT2D eigenvalue weighted by Gasteiger charge is 2.25. The fraction of sp³-hybridized carbons (Fsp3) is 0.300. The minimum absolute atomic E-state index is 0.00943. The van der Waals surface area contributed by atoms with Crippen LogP contribution in [0.1, 0.15) is 17.3 Å². The number of hydrogen-bond donors (Lipinski definition) is 0. The molecule has 0 atom stereocenters. The fourth-order valence-corrected chi connectivity index (χ4v) is 5.55. The highest BCUT2D eigenvalue weighted by Crippen LogP contribution is 2.33. The van der Waals surface area contributed by atoms with Gasteiger partial charge < -0.3 is 9.80 Å². The number of fused-ring (bicyclic) bond motifs is 1. The third-order valence-corrected chi connectivity index (χ3v) is 8.13. The molecule has 2 aromatic carbocycles. The predicted octanol–water partition coefficient (Wildman–Crippen LogP) is 3.71. The third kappa shape index (κ3) is 3.97. The molecule has 0 radical (unpaired) electrons. The van der Waals surface area contributed by atoms with E-state index in [4.69, 9.17) is 11.6 Å². The molecule has 1 aliphatic heterocycles. The molecule has 0 unspecified atom stereocenters. The van der Waals surface area contributed by atoms with E-state index < -0.39 is 9.84 Å². The van der Waals surface area contributed by atoms with Gasteiger partial charge in [-0.2, -0.15) is 0 Å². The SMILES string of the molecule is CCS(=O)(=O)c1cccc(C(=O)N2CCN(c3nc4c(Cl)cccc4s3)CC2)c1. The molecule has 9 heteroatoms. The van der Waals surface area contributed by atoms with Crippen LogP contribution < -0.4 is 4.90 Å². The fourth-order valence-electron chi connectivity index (χ4n) is 3.31. The van der Waals surface area contributed by atoms with Crippen molar-refractivity contribution in [1.29, 1.82) is 0 Å². The summed E-state index contributed by atoms with van der Waals surface area (Å²) in [6, 6.07) is 12.0. The molecule has 1 aromatic heterocycles. The second-order valence-corrected chi connectivity index (χ2v) is 10.5. The minimum Gasteiger partial charge on any atom is -0.345 e. The Hall–Kier alpha value is -2.16. The molecular weight excluding hydrogens is 430 g/mol. The number of halogens is 1. The lowest BCUT2D eigenvalue weighted by molar-refractivity contribution is 0.0746. The van der Waals surface area contributed by atoms with Crippen molar-refractivity contribution in [3.8, 4) is 0 Å². The van der Waals surface area contributed by atoms with Gasteiger partial charge in [0.1, 0.15) is 5.52 Å². The average molecular weight is 450 g/mol. The highest BCUT2D eigenvalue weighted by molar-refractivity contribution is 7.91. The monoisotopic (exact) mass is 449 g/mol. The molecule has 1 saturated heterocycles. The smallest absolute Gasteiger partial charge is 0.254 e. The number of anilines is 1. The van der Waals surface area contributed by atoms with Crippen molar-refractivity contribution in [1.82, 2.24) is 9.88 Å². The number of piperazine rings is 1. The quantitative estimate of drug-likeness (QED) is 0.607. The average Bonchev–Trinajstić information content (AvgIpc) is 3.19. The summed E-state index contributed by atoms with van der Waals surface area (Å²) >= 11 is 7.82. The van der Waals surface area contributed by atoms with Crippen LogP contribution in [-0.4, -0.2) is 56.1 Å². The van der Waals surface area contributed by atoms with Gasteiger partial charge in [-0.1, -0.05) is 42.0 Å². The summed E-state index contributed by atoms with van der Waals surface area (Å²) in [6.07, 6.45) is 0. The zero-order valence-corrected chi connectivity index (χ0v) is 18.2. The standard InChI is InChI=1S/C20H20ClN3O3S2/c1-2-29(26,27)15-6-3-5-14(13-15)19(25)23-9-11-24(12-10-23)20-22-18-16(21)7-4-8-17(18)28-20/h3-8,13H,2,9-12H2,1H3. The molecule has 1 fully saturated rings. The Morgan fingerprint density at radius 3 is 2.55 bits per heavy atom. The molecule has 152 valence electrons. The summed E-state index contributed by atoms with van der Waals surface area (Å²) in [5.74, 6) is -0.139. The number of benzene rings is 2. The maximum Gasteiger partial charge on any atom is 0.254 e. The number of thiazole rings is 1. The van der Waals surface area contributed by atoms with Gasteiger partial charge in [-0.25, -0.2) is 13.4 Å². The first-order valence-corrected chi connectivity index (χ1v) is 12.2. The number of carbonyl (C=O) groups is 1. The van der Waals surface area contributed by atoms with Crippen LogP contribution in [0.4, 0.5) is 5.13 Å². The van der Waals surface area contributed by atoms with Crippen molar-refractivity contribution in [2.75, 3.05) is 36.8 Å². The Labute approximate surface area is 178 Å². The van der Waals surface area contributed by atoms with Crippen LogP contribution in [0.25, 0.3) is 10.2 Å². The van der Waals surface area contributed by atoms with Gasteiger partial charge in [0.2, 0.25) is 0 Å². The van der Waals surface area contributed by atoms with E-state index in [1.54, 1.807) is 35.3 Å². The van der Waals surface area contributed by atoms with E-state index in [9.17, 15) is 13.2 Å². The van der Waals surface area contributed by atoms with Gasteiger partial charge in [0, 0.05) is 31.7 Å². The predicted molar refractivity (Wildman–Crippen MR) is 117 cm³/mol. The maximum atomic E-state index is 12.9. The van der Waals surface area contributed by atoms with Gasteiger partial charge in [0.05, 0.1) is 20.4 Å². The van der Waals surface area contributed by atoms with Gasteiger partial charge in [-0.3, -0.25) is 4.79 Å². The number of sulfone groups is 1. The van der Waals surface area contributed by atoms with Gasteiger partial charge in [-0.15, -0.1) is 0 Å². The molecular formula is C20H20ClN3O3S2. The number of rotatable bonds is 4. The van der Waals surface area contributed by atoms with E-state index in [2.05, 4.69) is 9.88 Å². The highest BCUT2D eigenvalue weighted by atomic mass is 35.5. The summed E-state index contributed by atoms with van der Waals surface area (Å²) in [6.45, 7) is 4.02. The number of hydrogen-bond acceptors (Lipinski definition) is 6. The lowest BCUT2D eigenvalue weighted by Gasteiger charge is -2.34. The Bertz CT molecular complexity index is 1170. The van der Waals surface area contributed by atoms with E-state index in [0.717, 1.165) is 15.3 Å². The summed E-state index contributed by atoms with van der Waals surface area (Å²) in [7, 11) is -3.34. The molecule has 29 heavy (non-hydrogen) atoms. The summed E-state index contributed by atoms with van der Waals surface area (Å²) in [4.78, 5) is 21.6. The van der Waals surface area contributed by atoms with Crippen LogP contribution in [0, 0.1) is 0 Å². The Morgan fingerprint density at radius 1 is 1.14 bits per heavy atom. The summed E-state index contributed by atoms with van der Waals surface area (Å²) in [5, 5.41) is 1.54. The van der Waals surface area contributed by atoms with E-state index in [0.29, 0.717) is 36.8 Å². The number of nitrogens with zero attached hydrogens (tertiary/aromatic N) is 3. The molecule has 0 N–H and O–H groups in total. The van der Waals surface area contributed by atoms with Crippen molar-refractivity contribution in [2.24, 2.45) is 0 Å². The van der Waals surface area contributed by atoms with Crippen molar-refractivity contribution < 1.29 is 13.2 Å². The molecule has 1 amide bonds. The number of carbonyl (C=O) groups excluding carboxylic acids is 1. The molecule has 0 spiro atoms. The van der Waals surface area contributed by atoms with Gasteiger partial charge in [-0.05, 0) is 30.3 Å². The zero-order chi connectivity index (χ0) is 20.6. The van der Waals surface area contributed by atoms with Crippen LogP contribution >= 0.6 is 22.9 Å². The van der Waals surface area contributed by atoms with Gasteiger partial charge >= 0.3 is 0 Å². The van der Waals surface area contributed by atoms with Crippen LogP contribution in [0.3, 0.4) is 0 Å².